The highest BCUT2D eigenvalue weighted by Gasteiger charge is 2.13. The first-order chi connectivity index (χ1) is 8.31. The third-order valence-corrected chi connectivity index (χ3v) is 3.33. The maximum atomic E-state index is 11.6. The van der Waals surface area contributed by atoms with E-state index in [0.717, 1.165) is 30.5 Å². The van der Waals surface area contributed by atoms with E-state index in [2.05, 4.69) is 11.1 Å². The smallest absolute Gasteiger partial charge is 0.339 e. The van der Waals surface area contributed by atoms with E-state index in [1.807, 2.05) is 0 Å². The Morgan fingerprint density at radius 3 is 2.65 bits per heavy atom. The van der Waals surface area contributed by atoms with Gasteiger partial charge in [-0.05, 0) is 37.3 Å². The second-order valence-electron chi connectivity index (χ2n) is 4.59. The summed E-state index contributed by atoms with van der Waals surface area (Å²) in [5.74, 6) is -0.267. The largest absolute Gasteiger partial charge is 0.465 e. The van der Waals surface area contributed by atoms with Crippen molar-refractivity contribution in [3.8, 4) is 0 Å². The van der Waals surface area contributed by atoms with Crippen LogP contribution in [0.5, 0.6) is 0 Å². The van der Waals surface area contributed by atoms with Crippen LogP contribution < -0.4 is 0 Å². The Morgan fingerprint density at radius 2 is 1.88 bits per heavy atom. The van der Waals surface area contributed by atoms with Crippen molar-refractivity contribution in [2.75, 3.05) is 7.11 Å². The van der Waals surface area contributed by atoms with Crippen LogP contribution in [0.3, 0.4) is 0 Å². The number of hydrogen-bond donors (Lipinski definition) is 0. The highest BCUT2D eigenvalue weighted by Crippen LogP contribution is 2.18. The molecule has 1 aliphatic rings. The standard InChI is InChI=1S/C14H19NO2/c1-17-14(16)13-10-15-12-8-6-4-2-3-5-7-11(13)9-12/h9-10H,2-8H2,1H3. The number of pyridine rings is 1. The van der Waals surface area contributed by atoms with E-state index in [9.17, 15) is 4.79 Å². The van der Waals surface area contributed by atoms with Crippen molar-refractivity contribution >= 4 is 5.97 Å². The minimum Gasteiger partial charge on any atom is -0.465 e. The van der Waals surface area contributed by atoms with Gasteiger partial charge in [-0.1, -0.05) is 19.3 Å². The van der Waals surface area contributed by atoms with Crippen LogP contribution in [-0.2, 0) is 17.6 Å². The third kappa shape index (κ3) is 3.05. The molecular formula is C14H19NO2. The molecule has 3 nitrogen and oxygen atoms in total. The number of carbonyl (C=O) groups is 1. The molecule has 0 fully saturated rings. The van der Waals surface area contributed by atoms with Gasteiger partial charge < -0.3 is 4.74 Å². The number of aromatic nitrogens is 1. The van der Waals surface area contributed by atoms with Crippen LogP contribution in [-0.4, -0.2) is 18.1 Å². The fourth-order valence-corrected chi connectivity index (χ4v) is 2.34. The lowest BCUT2D eigenvalue weighted by Crippen LogP contribution is -2.09. The Kier molecular flexibility index (Phi) is 4.13. The summed E-state index contributed by atoms with van der Waals surface area (Å²) < 4.78 is 4.79. The fourth-order valence-electron chi connectivity index (χ4n) is 2.34. The predicted octanol–water partition coefficient (Wildman–Crippen LogP) is 2.92. The molecule has 0 saturated carbocycles. The number of nitrogens with zero attached hydrogens (tertiary/aromatic N) is 1. The summed E-state index contributed by atoms with van der Waals surface area (Å²) in [6, 6.07) is 2.08. The second kappa shape index (κ2) is 5.80. The topological polar surface area (TPSA) is 39.2 Å². The van der Waals surface area contributed by atoms with Crippen molar-refractivity contribution in [3.05, 3.63) is 29.1 Å². The average molecular weight is 233 g/mol. The fraction of sp³-hybridized carbons (Fsp3) is 0.571. The first kappa shape index (κ1) is 12.1. The number of hydrogen-bond acceptors (Lipinski definition) is 3. The Morgan fingerprint density at radius 1 is 1.18 bits per heavy atom. The van der Waals surface area contributed by atoms with Gasteiger partial charge in [0, 0.05) is 11.9 Å². The summed E-state index contributed by atoms with van der Waals surface area (Å²) in [5.41, 5.74) is 2.84. The zero-order valence-electron chi connectivity index (χ0n) is 10.4. The summed E-state index contributed by atoms with van der Waals surface area (Å²) in [4.78, 5) is 16.0. The van der Waals surface area contributed by atoms with Gasteiger partial charge in [-0.25, -0.2) is 4.79 Å². The van der Waals surface area contributed by atoms with Gasteiger partial charge in [-0.2, -0.15) is 0 Å². The molecule has 1 heterocycles. The minimum absolute atomic E-state index is 0.267. The average Bonchev–Trinajstić information content (AvgIpc) is 2.37. The van der Waals surface area contributed by atoms with E-state index >= 15 is 0 Å². The Hall–Kier alpha value is -1.38. The van der Waals surface area contributed by atoms with Gasteiger partial charge in [0.2, 0.25) is 0 Å². The molecule has 0 atom stereocenters. The van der Waals surface area contributed by atoms with Crippen LogP contribution in [0.2, 0.25) is 0 Å². The number of carbonyl (C=O) groups excluding carboxylic acids is 1. The van der Waals surface area contributed by atoms with Crippen molar-refractivity contribution in [2.45, 2.75) is 44.9 Å². The molecule has 0 aliphatic heterocycles. The van der Waals surface area contributed by atoms with Gasteiger partial charge in [-0.15, -0.1) is 0 Å². The number of rotatable bonds is 1. The zero-order valence-corrected chi connectivity index (χ0v) is 10.4. The number of methoxy groups -OCH3 is 1. The van der Waals surface area contributed by atoms with E-state index in [0.29, 0.717) is 5.56 Å². The van der Waals surface area contributed by atoms with Crippen LogP contribution in [0.4, 0.5) is 0 Å². The SMILES string of the molecule is COC(=O)c1cnc2cc1CCCCCCC2. The molecule has 0 N–H and O–H groups in total. The Balaban J connectivity index is 2.28. The number of ether oxygens (including phenoxy) is 1. The summed E-state index contributed by atoms with van der Waals surface area (Å²) in [6.45, 7) is 0. The summed E-state index contributed by atoms with van der Waals surface area (Å²) >= 11 is 0. The molecule has 1 aromatic rings. The lowest BCUT2D eigenvalue weighted by atomic mass is 9.98. The van der Waals surface area contributed by atoms with Crippen molar-refractivity contribution in [3.63, 3.8) is 0 Å². The number of fused-ring (bicyclic) bond motifs is 2. The maximum absolute atomic E-state index is 11.6. The first-order valence-corrected chi connectivity index (χ1v) is 6.37. The lowest BCUT2D eigenvalue weighted by Gasteiger charge is -2.12. The van der Waals surface area contributed by atoms with Gasteiger partial charge in [0.05, 0.1) is 12.7 Å². The van der Waals surface area contributed by atoms with Crippen LogP contribution in [0.1, 0.15) is 53.7 Å². The van der Waals surface area contributed by atoms with E-state index < -0.39 is 0 Å². The Bertz CT molecular complexity index is 401. The molecule has 1 aliphatic carbocycles. The van der Waals surface area contributed by atoms with E-state index in [-0.39, 0.29) is 5.97 Å². The molecule has 0 saturated heterocycles. The molecule has 0 amide bonds. The molecule has 17 heavy (non-hydrogen) atoms. The molecule has 0 aromatic carbocycles. The summed E-state index contributed by atoms with van der Waals surface area (Å²) in [6.07, 6.45) is 9.83. The normalized spacial score (nSPS) is 16.3. The number of esters is 1. The van der Waals surface area contributed by atoms with E-state index in [1.54, 1.807) is 6.20 Å². The molecule has 0 unspecified atom stereocenters. The third-order valence-electron chi connectivity index (χ3n) is 3.33. The molecule has 1 aromatic heterocycles. The van der Waals surface area contributed by atoms with Gasteiger partial charge in [0.1, 0.15) is 0 Å². The lowest BCUT2D eigenvalue weighted by molar-refractivity contribution is 0.0599. The van der Waals surface area contributed by atoms with Crippen molar-refractivity contribution in [1.82, 2.24) is 4.98 Å². The molecule has 0 spiro atoms. The molecule has 0 radical (unpaired) electrons. The van der Waals surface area contributed by atoms with Gasteiger partial charge >= 0.3 is 5.97 Å². The molecule has 2 rings (SSSR count). The molecule has 92 valence electrons. The highest BCUT2D eigenvalue weighted by molar-refractivity contribution is 5.90. The van der Waals surface area contributed by atoms with Crippen LogP contribution in [0, 0.1) is 0 Å². The van der Waals surface area contributed by atoms with Crippen molar-refractivity contribution < 1.29 is 9.53 Å². The second-order valence-corrected chi connectivity index (χ2v) is 4.59. The predicted molar refractivity (Wildman–Crippen MR) is 66.1 cm³/mol. The monoisotopic (exact) mass is 233 g/mol. The van der Waals surface area contributed by atoms with Crippen molar-refractivity contribution in [2.24, 2.45) is 0 Å². The van der Waals surface area contributed by atoms with Gasteiger partial charge in [0.25, 0.3) is 0 Å². The quantitative estimate of drug-likeness (QED) is 0.700. The van der Waals surface area contributed by atoms with Gasteiger partial charge in [-0.3, -0.25) is 4.98 Å². The minimum atomic E-state index is -0.267. The first-order valence-electron chi connectivity index (χ1n) is 6.37. The van der Waals surface area contributed by atoms with Crippen LogP contribution >= 0.6 is 0 Å². The van der Waals surface area contributed by atoms with Gasteiger partial charge in [0.15, 0.2) is 0 Å². The van der Waals surface area contributed by atoms with E-state index in [4.69, 9.17) is 4.74 Å². The molecule has 2 bridgehead atoms. The maximum Gasteiger partial charge on any atom is 0.339 e. The number of aryl methyl sites for hydroxylation is 2. The van der Waals surface area contributed by atoms with Crippen molar-refractivity contribution in [1.29, 1.82) is 0 Å². The summed E-state index contributed by atoms with van der Waals surface area (Å²) in [7, 11) is 1.42. The molecular weight excluding hydrogens is 214 g/mol. The van der Waals surface area contributed by atoms with Crippen LogP contribution in [0.15, 0.2) is 12.3 Å². The van der Waals surface area contributed by atoms with E-state index in [1.165, 1.54) is 32.8 Å². The summed E-state index contributed by atoms with van der Waals surface area (Å²) in [5, 5.41) is 0. The van der Waals surface area contributed by atoms with Crippen LogP contribution in [0.25, 0.3) is 0 Å². The Labute approximate surface area is 102 Å². The zero-order chi connectivity index (χ0) is 12.1. The highest BCUT2D eigenvalue weighted by atomic mass is 16.5. The molecule has 3 heteroatoms.